The second-order valence-electron chi connectivity index (χ2n) is 4.08. The molecule has 0 aliphatic heterocycles. The predicted molar refractivity (Wildman–Crippen MR) is 69.6 cm³/mol. The number of hydrogen-bond donors (Lipinski definition) is 2. The average molecular weight is 246 g/mol. The van der Waals surface area contributed by atoms with Crippen molar-refractivity contribution in [3.63, 3.8) is 0 Å². The van der Waals surface area contributed by atoms with Crippen LogP contribution in [-0.2, 0) is 12.8 Å². The van der Waals surface area contributed by atoms with Gasteiger partial charge in [-0.25, -0.2) is 4.98 Å². The first kappa shape index (κ1) is 12.6. The highest BCUT2D eigenvalue weighted by Gasteiger charge is 2.07. The normalized spacial score (nSPS) is 10.6. The number of nitrogens with one attached hydrogen (secondary N) is 1. The van der Waals surface area contributed by atoms with Crippen molar-refractivity contribution < 1.29 is 4.74 Å². The van der Waals surface area contributed by atoms with E-state index in [0.29, 0.717) is 13.0 Å². The minimum Gasteiger partial charge on any atom is -0.496 e. The van der Waals surface area contributed by atoms with Crippen LogP contribution in [0.4, 0.5) is 0 Å². The third kappa shape index (κ3) is 3.07. The minimum atomic E-state index is 0.663. The number of aryl methyl sites for hydroxylation is 1. The van der Waals surface area contributed by atoms with Gasteiger partial charge in [-0.3, -0.25) is 5.10 Å². The lowest BCUT2D eigenvalue weighted by Gasteiger charge is -2.05. The van der Waals surface area contributed by atoms with Crippen LogP contribution in [0.15, 0.2) is 24.3 Å². The largest absolute Gasteiger partial charge is 0.496 e. The smallest absolute Gasteiger partial charge is 0.150 e. The Morgan fingerprint density at radius 1 is 1.33 bits per heavy atom. The lowest BCUT2D eigenvalue weighted by Crippen LogP contribution is -2.01. The molecule has 0 amide bonds. The van der Waals surface area contributed by atoms with E-state index in [2.05, 4.69) is 15.2 Å². The quantitative estimate of drug-likeness (QED) is 0.805. The number of nitrogens with zero attached hydrogens (tertiary/aromatic N) is 2. The number of aromatic nitrogens is 3. The summed E-state index contributed by atoms with van der Waals surface area (Å²) in [6, 6.07) is 7.92. The van der Waals surface area contributed by atoms with Gasteiger partial charge in [0, 0.05) is 18.4 Å². The van der Waals surface area contributed by atoms with Crippen LogP contribution in [0.3, 0.4) is 0 Å². The first-order valence-electron chi connectivity index (χ1n) is 6.05. The van der Waals surface area contributed by atoms with Gasteiger partial charge in [0.25, 0.3) is 0 Å². The average Bonchev–Trinajstić information content (AvgIpc) is 2.84. The van der Waals surface area contributed by atoms with Crippen LogP contribution in [0.1, 0.15) is 23.6 Å². The van der Waals surface area contributed by atoms with Gasteiger partial charge >= 0.3 is 0 Å². The van der Waals surface area contributed by atoms with Gasteiger partial charge in [0.15, 0.2) is 5.82 Å². The third-order valence-corrected chi connectivity index (χ3v) is 2.73. The van der Waals surface area contributed by atoms with Crippen LogP contribution in [-0.4, -0.2) is 28.8 Å². The number of methoxy groups -OCH3 is 1. The molecule has 2 aromatic rings. The van der Waals surface area contributed by atoms with Gasteiger partial charge in [-0.05, 0) is 19.0 Å². The zero-order valence-corrected chi connectivity index (χ0v) is 10.5. The molecule has 0 aliphatic rings. The summed E-state index contributed by atoms with van der Waals surface area (Å²) in [6.45, 7) is 0.663. The Morgan fingerprint density at radius 3 is 2.94 bits per heavy atom. The lowest BCUT2D eigenvalue weighted by molar-refractivity contribution is 0.410. The summed E-state index contributed by atoms with van der Waals surface area (Å²) < 4.78 is 5.31. The van der Waals surface area contributed by atoms with Crippen molar-refractivity contribution in [1.29, 1.82) is 0 Å². The zero-order valence-electron chi connectivity index (χ0n) is 10.5. The number of H-pyrrole nitrogens is 1. The summed E-state index contributed by atoms with van der Waals surface area (Å²) in [6.07, 6.45) is 2.42. The van der Waals surface area contributed by atoms with Gasteiger partial charge in [0.05, 0.1) is 7.11 Å². The molecule has 5 heteroatoms. The van der Waals surface area contributed by atoms with Gasteiger partial charge in [0.1, 0.15) is 11.6 Å². The number of para-hydroxylation sites is 1. The zero-order chi connectivity index (χ0) is 12.8. The van der Waals surface area contributed by atoms with Crippen molar-refractivity contribution >= 4 is 0 Å². The molecule has 96 valence electrons. The molecule has 0 aliphatic carbocycles. The lowest BCUT2D eigenvalue weighted by atomic mass is 10.1. The molecule has 0 spiro atoms. The topological polar surface area (TPSA) is 76.8 Å². The van der Waals surface area contributed by atoms with E-state index >= 15 is 0 Å². The molecule has 1 aromatic heterocycles. The molecule has 0 atom stereocenters. The second-order valence-corrected chi connectivity index (χ2v) is 4.08. The van der Waals surface area contributed by atoms with Gasteiger partial charge in [-0.2, -0.15) is 5.10 Å². The molecule has 3 N–H and O–H groups in total. The Kier molecular flexibility index (Phi) is 4.30. The van der Waals surface area contributed by atoms with Crippen molar-refractivity contribution in [2.45, 2.75) is 19.3 Å². The van der Waals surface area contributed by atoms with E-state index in [1.165, 1.54) is 0 Å². The van der Waals surface area contributed by atoms with Crippen molar-refractivity contribution in [2.24, 2.45) is 5.73 Å². The summed E-state index contributed by atoms with van der Waals surface area (Å²) in [7, 11) is 1.67. The van der Waals surface area contributed by atoms with E-state index in [1.54, 1.807) is 7.11 Å². The maximum atomic E-state index is 5.46. The number of nitrogens with two attached hydrogens (primary N) is 1. The van der Waals surface area contributed by atoms with E-state index in [0.717, 1.165) is 35.8 Å². The number of benzene rings is 1. The first-order valence-corrected chi connectivity index (χ1v) is 6.05. The van der Waals surface area contributed by atoms with Crippen LogP contribution in [0, 0.1) is 0 Å². The van der Waals surface area contributed by atoms with E-state index in [4.69, 9.17) is 10.5 Å². The highest BCUT2D eigenvalue weighted by Crippen LogP contribution is 2.19. The molecule has 0 saturated carbocycles. The maximum Gasteiger partial charge on any atom is 0.150 e. The second kappa shape index (κ2) is 6.16. The molecule has 0 unspecified atom stereocenters. The summed E-state index contributed by atoms with van der Waals surface area (Å²) >= 11 is 0. The molecule has 2 rings (SSSR count). The summed E-state index contributed by atoms with van der Waals surface area (Å²) in [5, 5.41) is 7.13. The SMILES string of the molecule is COc1ccccc1Cc1nc(CCCN)n[nH]1. The summed E-state index contributed by atoms with van der Waals surface area (Å²) in [5.41, 5.74) is 6.56. The molecular formula is C13H18N4O. The third-order valence-electron chi connectivity index (χ3n) is 2.73. The van der Waals surface area contributed by atoms with Crippen LogP contribution >= 0.6 is 0 Å². The number of ether oxygens (including phenoxy) is 1. The fourth-order valence-corrected chi connectivity index (χ4v) is 1.82. The molecule has 18 heavy (non-hydrogen) atoms. The predicted octanol–water partition coefficient (Wildman–Crippen LogP) is 1.30. The fourth-order valence-electron chi connectivity index (χ4n) is 1.82. The van der Waals surface area contributed by atoms with E-state index in [9.17, 15) is 0 Å². The van der Waals surface area contributed by atoms with Gasteiger partial charge < -0.3 is 10.5 Å². The molecule has 0 bridgehead atoms. The Bertz CT molecular complexity index is 495. The van der Waals surface area contributed by atoms with Crippen molar-refractivity contribution in [2.75, 3.05) is 13.7 Å². The Morgan fingerprint density at radius 2 is 2.17 bits per heavy atom. The molecule has 0 fully saturated rings. The van der Waals surface area contributed by atoms with Crippen molar-refractivity contribution in [1.82, 2.24) is 15.2 Å². The maximum absolute atomic E-state index is 5.46. The van der Waals surface area contributed by atoms with Crippen LogP contribution in [0.25, 0.3) is 0 Å². The van der Waals surface area contributed by atoms with Crippen molar-refractivity contribution in [3.8, 4) is 5.75 Å². The van der Waals surface area contributed by atoms with E-state index in [-0.39, 0.29) is 0 Å². The molecule has 0 saturated heterocycles. The standard InChI is InChI=1S/C13H18N4O/c1-18-11-6-3-2-5-10(11)9-13-15-12(16-17-13)7-4-8-14/h2-3,5-6H,4,7-9,14H2,1H3,(H,15,16,17). The van der Waals surface area contributed by atoms with Gasteiger partial charge in [-0.15, -0.1) is 0 Å². The Labute approximate surface area is 106 Å². The molecule has 5 nitrogen and oxygen atoms in total. The monoisotopic (exact) mass is 246 g/mol. The van der Waals surface area contributed by atoms with Gasteiger partial charge in [-0.1, -0.05) is 18.2 Å². The summed E-state index contributed by atoms with van der Waals surface area (Å²) in [4.78, 5) is 4.44. The number of hydrogen-bond acceptors (Lipinski definition) is 4. The molecule has 1 aromatic carbocycles. The van der Waals surface area contributed by atoms with Crippen LogP contribution < -0.4 is 10.5 Å². The minimum absolute atomic E-state index is 0.663. The molecule has 1 heterocycles. The molecular weight excluding hydrogens is 228 g/mol. The van der Waals surface area contributed by atoms with Crippen LogP contribution in [0.2, 0.25) is 0 Å². The number of rotatable bonds is 6. The Hall–Kier alpha value is -1.88. The molecule has 0 radical (unpaired) electrons. The first-order chi connectivity index (χ1) is 8.83. The number of aromatic amines is 1. The van der Waals surface area contributed by atoms with Crippen LogP contribution in [0.5, 0.6) is 5.75 Å². The summed E-state index contributed by atoms with van der Waals surface area (Å²) in [5.74, 6) is 2.55. The van der Waals surface area contributed by atoms with Crippen molar-refractivity contribution in [3.05, 3.63) is 41.5 Å². The van der Waals surface area contributed by atoms with E-state index in [1.807, 2.05) is 24.3 Å². The highest BCUT2D eigenvalue weighted by atomic mass is 16.5. The Balaban J connectivity index is 2.06. The van der Waals surface area contributed by atoms with Gasteiger partial charge in [0.2, 0.25) is 0 Å². The fraction of sp³-hybridized carbons (Fsp3) is 0.385. The van der Waals surface area contributed by atoms with E-state index < -0.39 is 0 Å². The highest BCUT2D eigenvalue weighted by molar-refractivity contribution is 5.35.